The molecule has 4 heteroatoms. The van der Waals surface area contributed by atoms with Crippen molar-refractivity contribution in [1.29, 1.82) is 0 Å². The highest BCUT2D eigenvalue weighted by Crippen LogP contribution is 2.23. The van der Waals surface area contributed by atoms with E-state index in [0.717, 1.165) is 31.1 Å². The van der Waals surface area contributed by atoms with Crippen LogP contribution in [0.2, 0.25) is 10.0 Å². The molecule has 1 aliphatic rings. The van der Waals surface area contributed by atoms with Crippen molar-refractivity contribution >= 4 is 23.2 Å². The highest BCUT2D eigenvalue weighted by Gasteiger charge is 2.19. The van der Waals surface area contributed by atoms with Crippen molar-refractivity contribution in [3.63, 3.8) is 0 Å². The SMILES string of the molecule is CN1CCNCC1Cc1ccc(Cl)cc1Cl. The van der Waals surface area contributed by atoms with Gasteiger partial charge in [0.25, 0.3) is 0 Å². The lowest BCUT2D eigenvalue weighted by molar-refractivity contribution is 0.199. The Morgan fingerprint density at radius 3 is 2.94 bits per heavy atom. The minimum atomic E-state index is 0.521. The van der Waals surface area contributed by atoms with Crippen LogP contribution in [0.1, 0.15) is 5.56 Å². The molecule has 0 aromatic heterocycles. The van der Waals surface area contributed by atoms with Gasteiger partial charge in [0.05, 0.1) is 0 Å². The van der Waals surface area contributed by atoms with E-state index >= 15 is 0 Å². The van der Waals surface area contributed by atoms with Gasteiger partial charge in [0.2, 0.25) is 0 Å². The van der Waals surface area contributed by atoms with Crippen LogP contribution in [0, 0.1) is 0 Å². The van der Waals surface area contributed by atoms with Crippen molar-refractivity contribution in [2.45, 2.75) is 12.5 Å². The Kier molecular flexibility index (Phi) is 4.09. The second kappa shape index (κ2) is 5.37. The molecule has 88 valence electrons. The van der Waals surface area contributed by atoms with E-state index in [4.69, 9.17) is 23.2 Å². The largest absolute Gasteiger partial charge is 0.314 e. The third-order valence-corrected chi connectivity index (χ3v) is 3.70. The molecule has 1 aromatic carbocycles. The maximum atomic E-state index is 6.17. The van der Waals surface area contributed by atoms with Crippen molar-refractivity contribution < 1.29 is 0 Å². The monoisotopic (exact) mass is 258 g/mol. The lowest BCUT2D eigenvalue weighted by Crippen LogP contribution is -2.50. The third kappa shape index (κ3) is 2.89. The van der Waals surface area contributed by atoms with E-state index in [1.54, 1.807) is 0 Å². The maximum absolute atomic E-state index is 6.17. The average molecular weight is 259 g/mol. The van der Waals surface area contributed by atoms with E-state index < -0.39 is 0 Å². The predicted molar refractivity (Wildman–Crippen MR) is 69.5 cm³/mol. The molecular weight excluding hydrogens is 243 g/mol. The lowest BCUT2D eigenvalue weighted by Gasteiger charge is -2.33. The maximum Gasteiger partial charge on any atom is 0.0453 e. The Balaban J connectivity index is 2.07. The van der Waals surface area contributed by atoms with Gasteiger partial charge in [-0.1, -0.05) is 29.3 Å². The van der Waals surface area contributed by atoms with Gasteiger partial charge in [0, 0.05) is 35.7 Å². The van der Waals surface area contributed by atoms with Crippen LogP contribution in [0.5, 0.6) is 0 Å². The van der Waals surface area contributed by atoms with E-state index in [9.17, 15) is 0 Å². The first-order valence-corrected chi connectivity index (χ1v) is 6.27. The van der Waals surface area contributed by atoms with Gasteiger partial charge in [-0.05, 0) is 31.2 Å². The molecule has 1 aromatic rings. The number of piperazine rings is 1. The van der Waals surface area contributed by atoms with Crippen molar-refractivity contribution in [1.82, 2.24) is 10.2 Å². The number of rotatable bonds is 2. The molecule has 1 saturated heterocycles. The summed E-state index contributed by atoms with van der Waals surface area (Å²) in [6, 6.07) is 6.26. The zero-order chi connectivity index (χ0) is 11.5. The first kappa shape index (κ1) is 12.2. The topological polar surface area (TPSA) is 15.3 Å². The van der Waals surface area contributed by atoms with Crippen LogP contribution >= 0.6 is 23.2 Å². The Hall–Kier alpha value is -0.280. The normalized spacial score (nSPS) is 22.3. The summed E-state index contributed by atoms with van der Waals surface area (Å²) in [6.45, 7) is 3.19. The van der Waals surface area contributed by atoms with Crippen LogP contribution in [0.15, 0.2) is 18.2 Å². The fourth-order valence-electron chi connectivity index (χ4n) is 2.03. The molecule has 1 unspecified atom stereocenters. The lowest BCUT2D eigenvalue weighted by atomic mass is 10.0. The summed E-state index contributed by atoms with van der Waals surface area (Å²) in [6.07, 6.45) is 0.972. The fourth-order valence-corrected chi connectivity index (χ4v) is 2.52. The third-order valence-electron chi connectivity index (χ3n) is 3.12. The summed E-state index contributed by atoms with van der Waals surface area (Å²) in [5.41, 5.74) is 1.17. The summed E-state index contributed by atoms with van der Waals surface area (Å²) >= 11 is 12.1. The minimum absolute atomic E-state index is 0.521. The molecule has 0 saturated carbocycles. The second-order valence-corrected chi connectivity index (χ2v) is 5.12. The average Bonchev–Trinajstić information content (AvgIpc) is 2.25. The highest BCUT2D eigenvalue weighted by atomic mass is 35.5. The standard InChI is InChI=1S/C12H16Cl2N2/c1-16-5-4-15-8-11(16)6-9-2-3-10(13)7-12(9)14/h2-3,7,11,15H,4-6,8H2,1H3. The predicted octanol–water partition coefficient (Wildman–Crippen LogP) is 2.44. The fraction of sp³-hybridized carbons (Fsp3) is 0.500. The molecule has 2 nitrogen and oxygen atoms in total. The van der Waals surface area contributed by atoms with Crippen LogP contribution in [0.4, 0.5) is 0 Å². The summed E-state index contributed by atoms with van der Waals surface area (Å²) in [4.78, 5) is 2.38. The van der Waals surface area contributed by atoms with Gasteiger partial charge >= 0.3 is 0 Å². The smallest absolute Gasteiger partial charge is 0.0453 e. The number of hydrogen-bond donors (Lipinski definition) is 1. The van der Waals surface area contributed by atoms with Gasteiger partial charge in [-0.15, -0.1) is 0 Å². The Labute approximate surface area is 107 Å². The molecule has 0 aliphatic carbocycles. The van der Waals surface area contributed by atoms with Crippen molar-refractivity contribution in [3.8, 4) is 0 Å². The molecule has 1 aliphatic heterocycles. The van der Waals surface area contributed by atoms with Crippen molar-refractivity contribution in [2.24, 2.45) is 0 Å². The number of nitrogens with one attached hydrogen (secondary N) is 1. The van der Waals surface area contributed by atoms with E-state index in [0.29, 0.717) is 11.1 Å². The zero-order valence-corrected chi connectivity index (χ0v) is 10.9. The molecule has 16 heavy (non-hydrogen) atoms. The van der Waals surface area contributed by atoms with E-state index in [1.165, 1.54) is 5.56 Å². The van der Waals surface area contributed by atoms with Crippen molar-refractivity contribution in [3.05, 3.63) is 33.8 Å². The highest BCUT2D eigenvalue weighted by molar-refractivity contribution is 6.35. The van der Waals surface area contributed by atoms with E-state index in [1.807, 2.05) is 18.2 Å². The van der Waals surface area contributed by atoms with Crippen molar-refractivity contribution in [2.75, 3.05) is 26.7 Å². The van der Waals surface area contributed by atoms with Crippen LogP contribution in [0.25, 0.3) is 0 Å². The zero-order valence-electron chi connectivity index (χ0n) is 9.34. The summed E-state index contributed by atoms with van der Waals surface area (Å²) in [5, 5.41) is 4.87. The molecule has 1 heterocycles. The molecule has 0 amide bonds. The Morgan fingerprint density at radius 2 is 2.25 bits per heavy atom. The minimum Gasteiger partial charge on any atom is -0.314 e. The summed E-state index contributed by atoms with van der Waals surface area (Å²) < 4.78 is 0. The summed E-state index contributed by atoms with van der Waals surface area (Å²) in [7, 11) is 2.16. The molecule has 0 spiro atoms. The Bertz CT molecular complexity index is 368. The molecule has 2 rings (SSSR count). The van der Waals surface area contributed by atoms with Crippen LogP contribution in [0.3, 0.4) is 0 Å². The van der Waals surface area contributed by atoms with Crippen LogP contribution in [-0.2, 0) is 6.42 Å². The quantitative estimate of drug-likeness (QED) is 0.877. The number of nitrogens with zero attached hydrogens (tertiary/aromatic N) is 1. The van der Waals surface area contributed by atoms with Gasteiger partial charge in [-0.3, -0.25) is 0 Å². The van der Waals surface area contributed by atoms with E-state index in [-0.39, 0.29) is 0 Å². The van der Waals surface area contributed by atoms with Gasteiger partial charge in [0.15, 0.2) is 0 Å². The second-order valence-electron chi connectivity index (χ2n) is 4.28. The molecule has 0 bridgehead atoms. The van der Waals surface area contributed by atoms with Crippen LogP contribution in [-0.4, -0.2) is 37.6 Å². The molecule has 1 atom stereocenters. The van der Waals surface area contributed by atoms with Gasteiger partial charge < -0.3 is 10.2 Å². The first-order chi connectivity index (χ1) is 7.66. The number of benzene rings is 1. The van der Waals surface area contributed by atoms with E-state index in [2.05, 4.69) is 17.3 Å². The molecular formula is C12H16Cl2N2. The molecule has 1 fully saturated rings. The number of halogens is 2. The number of likely N-dealkylation sites (N-methyl/N-ethyl adjacent to an activating group) is 1. The molecule has 0 radical (unpaired) electrons. The molecule has 1 N–H and O–H groups in total. The van der Waals surface area contributed by atoms with Gasteiger partial charge in [-0.2, -0.15) is 0 Å². The van der Waals surface area contributed by atoms with Gasteiger partial charge in [-0.25, -0.2) is 0 Å². The first-order valence-electron chi connectivity index (χ1n) is 5.51. The number of hydrogen-bond acceptors (Lipinski definition) is 2. The van der Waals surface area contributed by atoms with Crippen LogP contribution < -0.4 is 5.32 Å². The summed E-state index contributed by atoms with van der Waals surface area (Å²) in [5.74, 6) is 0. The Morgan fingerprint density at radius 1 is 1.44 bits per heavy atom. The van der Waals surface area contributed by atoms with Gasteiger partial charge in [0.1, 0.15) is 0 Å².